The van der Waals surface area contributed by atoms with E-state index in [0.29, 0.717) is 11.7 Å². The van der Waals surface area contributed by atoms with E-state index in [9.17, 15) is 4.79 Å². The average molecular weight is 278 g/mol. The highest BCUT2D eigenvalue weighted by Crippen LogP contribution is 2.30. The molecule has 1 saturated carbocycles. The Labute approximate surface area is 123 Å². The van der Waals surface area contributed by atoms with Gasteiger partial charge >= 0.3 is 0 Å². The maximum absolute atomic E-state index is 12.2. The van der Waals surface area contributed by atoms with E-state index in [1.165, 1.54) is 51.9 Å². The molecule has 2 aliphatic heterocycles. The fourth-order valence-electron chi connectivity index (χ4n) is 4.45. The first kappa shape index (κ1) is 14.5. The largest absolute Gasteiger partial charge is 0.300 e. The highest BCUT2D eigenvalue weighted by molar-refractivity contribution is 5.81. The van der Waals surface area contributed by atoms with E-state index in [0.717, 1.165) is 37.8 Å². The lowest BCUT2D eigenvalue weighted by Gasteiger charge is -2.45. The summed E-state index contributed by atoms with van der Waals surface area (Å²) in [5.41, 5.74) is 0. The number of carbonyl (C=O) groups excluding carboxylic acids is 1. The van der Waals surface area contributed by atoms with Gasteiger partial charge in [-0.1, -0.05) is 19.8 Å². The zero-order valence-corrected chi connectivity index (χ0v) is 13.0. The fraction of sp³-hybridized carbons (Fsp3) is 0.941. The van der Waals surface area contributed by atoms with E-state index in [1.807, 2.05) is 0 Å². The number of rotatable bonds is 3. The van der Waals surface area contributed by atoms with Crippen LogP contribution < -0.4 is 0 Å². The molecular weight excluding hydrogens is 248 g/mol. The molecule has 0 amide bonds. The Bertz CT molecular complexity index is 344. The van der Waals surface area contributed by atoms with Gasteiger partial charge in [-0.25, -0.2) is 0 Å². The maximum atomic E-state index is 12.2. The topological polar surface area (TPSA) is 23.6 Å². The van der Waals surface area contributed by atoms with Crippen molar-refractivity contribution >= 4 is 5.78 Å². The van der Waals surface area contributed by atoms with Gasteiger partial charge < -0.3 is 0 Å². The van der Waals surface area contributed by atoms with Crippen molar-refractivity contribution in [2.24, 2.45) is 11.8 Å². The van der Waals surface area contributed by atoms with Gasteiger partial charge in [0.2, 0.25) is 0 Å². The Kier molecular flexibility index (Phi) is 4.77. The van der Waals surface area contributed by atoms with Crippen LogP contribution in [-0.4, -0.2) is 54.3 Å². The second-order valence-corrected chi connectivity index (χ2v) is 7.16. The summed E-state index contributed by atoms with van der Waals surface area (Å²) in [5, 5.41) is 0. The molecular formula is C17H30N2O. The van der Waals surface area contributed by atoms with Crippen molar-refractivity contribution in [3.63, 3.8) is 0 Å². The van der Waals surface area contributed by atoms with E-state index in [2.05, 4.69) is 16.7 Å². The fourth-order valence-corrected chi connectivity index (χ4v) is 4.45. The van der Waals surface area contributed by atoms with Gasteiger partial charge in [-0.2, -0.15) is 0 Å². The first-order valence-electron chi connectivity index (χ1n) is 8.75. The van der Waals surface area contributed by atoms with Crippen molar-refractivity contribution in [1.82, 2.24) is 9.80 Å². The predicted octanol–water partition coefficient (Wildman–Crippen LogP) is 2.55. The number of piperazine rings is 1. The predicted molar refractivity (Wildman–Crippen MR) is 81.8 cm³/mol. The summed E-state index contributed by atoms with van der Waals surface area (Å²) in [4.78, 5) is 17.4. The van der Waals surface area contributed by atoms with Gasteiger partial charge in [-0.3, -0.25) is 14.6 Å². The second kappa shape index (κ2) is 6.57. The quantitative estimate of drug-likeness (QED) is 0.792. The Hall–Kier alpha value is -0.410. The highest BCUT2D eigenvalue weighted by Gasteiger charge is 2.33. The first-order valence-corrected chi connectivity index (χ1v) is 8.75. The van der Waals surface area contributed by atoms with Crippen molar-refractivity contribution in [1.29, 1.82) is 0 Å². The summed E-state index contributed by atoms with van der Waals surface area (Å²) < 4.78 is 0. The monoisotopic (exact) mass is 278 g/mol. The van der Waals surface area contributed by atoms with Gasteiger partial charge in [0.1, 0.15) is 5.78 Å². The number of hydrogen-bond acceptors (Lipinski definition) is 3. The van der Waals surface area contributed by atoms with Gasteiger partial charge in [-0.05, 0) is 38.1 Å². The van der Waals surface area contributed by atoms with Gasteiger partial charge in [0.25, 0.3) is 0 Å². The minimum absolute atomic E-state index is 0.337. The number of nitrogens with zero attached hydrogens (tertiary/aromatic N) is 2. The minimum atomic E-state index is 0.337. The zero-order chi connectivity index (χ0) is 13.9. The van der Waals surface area contributed by atoms with Crippen LogP contribution >= 0.6 is 0 Å². The summed E-state index contributed by atoms with van der Waals surface area (Å²) >= 11 is 0. The van der Waals surface area contributed by atoms with E-state index in [1.54, 1.807) is 0 Å². The van der Waals surface area contributed by atoms with Gasteiger partial charge in [0.15, 0.2) is 0 Å². The van der Waals surface area contributed by atoms with Crippen LogP contribution in [0.1, 0.15) is 51.9 Å². The number of ketones is 1. The van der Waals surface area contributed by atoms with Crippen LogP contribution in [0.25, 0.3) is 0 Å². The number of piperidine rings is 1. The van der Waals surface area contributed by atoms with Crippen LogP contribution in [0.5, 0.6) is 0 Å². The molecule has 1 aliphatic carbocycles. The Balaban J connectivity index is 1.53. The minimum Gasteiger partial charge on any atom is -0.300 e. The number of Topliss-reactive ketones (excluding diaryl/α,β-unsaturated/α-hetero) is 1. The Morgan fingerprint density at radius 2 is 2.05 bits per heavy atom. The van der Waals surface area contributed by atoms with E-state index in [-0.39, 0.29) is 0 Å². The molecule has 3 atom stereocenters. The molecule has 2 saturated heterocycles. The molecule has 3 heteroatoms. The molecule has 20 heavy (non-hydrogen) atoms. The molecule has 0 N–H and O–H groups in total. The molecule has 0 aromatic carbocycles. The first-order chi connectivity index (χ1) is 9.76. The van der Waals surface area contributed by atoms with Crippen molar-refractivity contribution < 1.29 is 4.79 Å². The third-order valence-corrected chi connectivity index (χ3v) is 5.85. The van der Waals surface area contributed by atoms with Crippen molar-refractivity contribution in [2.45, 2.75) is 57.9 Å². The van der Waals surface area contributed by atoms with Crippen LogP contribution in [0.4, 0.5) is 0 Å². The molecule has 3 rings (SSSR count). The summed E-state index contributed by atoms with van der Waals surface area (Å²) in [6.45, 7) is 8.23. The van der Waals surface area contributed by atoms with E-state index in [4.69, 9.17) is 0 Å². The average Bonchev–Trinajstić information content (AvgIpc) is 2.49. The zero-order valence-electron chi connectivity index (χ0n) is 13.0. The van der Waals surface area contributed by atoms with Crippen molar-refractivity contribution in [3.05, 3.63) is 0 Å². The van der Waals surface area contributed by atoms with Gasteiger partial charge in [0.05, 0.1) is 0 Å². The van der Waals surface area contributed by atoms with E-state index < -0.39 is 0 Å². The summed E-state index contributed by atoms with van der Waals surface area (Å²) in [6, 6.07) is 0.776. The van der Waals surface area contributed by atoms with Crippen LogP contribution in [0.2, 0.25) is 0 Å². The second-order valence-electron chi connectivity index (χ2n) is 7.16. The Morgan fingerprint density at radius 1 is 1.15 bits per heavy atom. The smallest absolute Gasteiger partial charge is 0.137 e. The number of hydrogen-bond donors (Lipinski definition) is 0. The third-order valence-electron chi connectivity index (χ3n) is 5.85. The maximum Gasteiger partial charge on any atom is 0.137 e. The van der Waals surface area contributed by atoms with Crippen molar-refractivity contribution in [3.8, 4) is 0 Å². The standard InChI is InChI=1S/C17H30N2O/c1-2-14-6-7-17(20)15(11-14)12-18-9-10-19-8-4-3-5-16(19)13-18/h14-16H,2-13H2,1H3. The summed E-state index contributed by atoms with van der Waals surface area (Å²) in [6.07, 6.45) is 8.53. The van der Waals surface area contributed by atoms with Gasteiger partial charge in [-0.15, -0.1) is 0 Å². The summed E-state index contributed by atoms with van der Waals surface area (Å²) in [5.74, 6) is 1.68. The molecule has 3 nitrogen and oxygen atoms in total. The lowest BCUT2D eigenvalue weighted by molar-refractivity contribution is -0.126. The molecule has 3 unspecified atom stereocenters. The van der Waals surface area contributed by atoms with Gasteiger partial charge in [0, 0.05) is 44.6 Å². The molecule has 2 heterocycles. The molecule has 0 aromatic heterocycles. The van der Waals surface area contributed by atoms with Crippen LogP contribution in [0.15, 0.2) is 0 Å². The molecule has 3 fully saturated rings. The molecule has 3 aliphatic rings. The Morgan fingerprint density at radius 3 is 2.90 bits per heavy atom. The molecule has 0 spiro atoms. The number of fused-ring (bicyclic) bond motifs is 1. The van der Waals surface area contributed by atoms with Crippen molar-refractivity contribution in [2.75, 3.05) is 32.7 Å². The SMILES string of the molecule is CCC1CCC(=O)C(CN2CCN3CCCCC3C2)C1. The molecule has 0 aromatic rings. The lowest BCUT2D eigenvalue weighted by atomic mass is 9.79. The lowest BCUT2D eigenvalue weighted by Crippen LogP contribution is -2.56. The van der Waals surface area contributed by atoms with E-state index >= 15 is 0 Å². The number of carbonyl (C=O) groups is 1. The molecule has 0 bridgehead atoms. The third kappa shape index (κ3) is 3.25. The molecule has 114 valence electrons. The molecule has 0 radical (unpaired) electrons. The normalized spacial score (nSPS) is 36.9. The van der Waals surface area contributed by atoms with Crippen LogP contribution in [0, 0.1) is 11.8 Å². The van der Waals surface area contributed by atoms with Crippen LogP contribution in [-0.2, 0) is 4.79 Å². The van der Waals surface area contributed by atoms with Crippen LogP contribution in [0.3, 0.4) is 0 Å². The highest BCUT2D eigenvalue weighted by atomic mass is 16.1. The summed E-state index contributed by atoms with van der Waals surface area (Å²) in [7, 11) is 0.